The van der Waals surface area contributed by atoms with Crippen molar-refractivity contribution in [2.45, 2.75) is 25.8 Å². The van der Waals surface area contributed by atoms with E-state index >= 15 is 0 Å². The van der Waals surface area contributed by atoms with Gasteiger partial charge in [0.1, 0.15) is 5.75 Å². The number of ether oxygens (including phenoxy) is 1. The molecule has 0 spiro atoms. The minimum absolute atomic E-state index is 0.0427. The van der Waals surface area contributed by atoms with Crippen LogP contribution < -0.4 is 10.5 Å². The van der Waals surface area contributed by atoms with Crippen molar-refractivity contribution < 1.29 is 9.53 Å². The predicted molar refractivity (Wildman–Crippen MR) is 83.0 cm³/mol. The number of hydrogen-bond donors (Lipinski definition) is 1. The van der Waals surface area contributed by atoms with Gasteiger partial charge in [-0.2, -0.15) is 0 Å². The molecular formula is C15H21BrN2O2. The highest BCUT2D eigenvalue weighted by Gasteiger charge is 2.27. The molecule has 0 bridgehead atoms. The van der Waals surface area contributed by atoms with Crippen molar-refractivity contribution in [2.24, 2.45) is 11.7 Å². The van der Waals surface area contributed by atoms with Gasteiger partial charge in [0.2, 0.25) is 0 Å². The standard InChI is InChI=1S/C15H21BrN2O2/c1-10(17)11-4-3-7-18(9-11)15(19)13-8-12(20-2)5-6-14(13)16/h5-6,8,10-11H,3-4,7,9,17H2,1-2H3. The summed E-state index contributed by atoms with van der Waals surface area (Å²) in [4.78, 5) is 14.6. The fourth-order valence-corrected chi connectivity index (χ4v) is 3.01. The van der Waals surface area contributed by atoms with Crippen LogP contribution in [-0.2, 0) is 0 Å². The van der Waals surface area contributed by atoms with Crippen LogP contribution in [0.1, 0.15) is 30.1 Å². The van der Waals surface area contributed by atoms with E-state index in [1.54, 1.807) is 13.2 Å². The van der Waals surface area contributed by atoms with Gasteiger partial charge in [-0.3, -0.25) is 4.79 Å². The van der Waals surface area contributed by atoms with Crippen molar-refractivity contribution in [3.8, 4) is 5.75 Å². The van der Waals surface area contributed by atoms with Crippen LogP contribution in [0.5, 0.6) is 5.75 Å². The van der Waals surface area contributed by atoms with Crippen molar-refractivity contribution in [2.75, 3.05) is 20.2 Å². The van der Waals surface area contributed by atoms with E-state index in [-0.39, 0.29) is 11.9 Å². The van der Waals surface area contributed by atoms with Crippen LogP contribution in [0.3, 0.4) is 0 Å². The topological polar surface area (TPSA) is 55.6 Å². The Bertz CT molecular complexity index is 491. The molecule has 1 aromatic rings. The summed E-state index contributed by atoms with van der Waals surface area (Å²) in [7, 11) is 1.60. The Morgan fingerprint density at radius 2 is 2.30 bits per heavy atom. The maximum absolute atomic E-state index is 12.7. The number of benzene rings is 1. The van der Waals surface area contributed by atoms with E-state index in [2.05, 4.69) is 15.9 Å². The zero-order valence-electron chi connectivity index (χ0n) is 11.9. The van der Waals surface area contributed by atoms with Gasteiger partial charge in [-0.1, -0.05) is 0 Å². The molecule has 0 radical (unpaired) electrons. The van der Waals surface area contributed by atoms with Crippen molar-refractivity contribution in [1.29, 1.82) is 0 Å². The molecule has 2 atom stereocenters. The van der Waals surface area contributed by atoms with E-state index < -0.39 is 0 Å². The van der Waals surface area contributed by atoms with E-state index in [1.165, 1.54) is 0 Å². The highest BCUT2D eigenvalue weighted by molar-refractivity contribution is 9.10. The molecule has 1 saturated heterocycles. The Morgan fingerprint density at radius 1 is 1.55 bits per heavy atom. The average molecular weight is 341 g/mol. The number of methoxy groups -OCH3 is 1. The molecule has 20 heavy (non-hydrogen) atoms. The third kappa shape index (κ3) is 3.33. The number of likely N-dealkylation sites (tertiary alicyclic amines) is 1. The summed E-state index contributed by atoms with van der Waals surface area (Å²) in [6.45, 7) is 3.55. The summed E-state index contributed by atoms with van der Waals surface area (Å²) < 4.78 is 5.99. The first-order chi connectivity index (χ1) is 9.52. The van der Waals surface area contributed by atoms with Crippen LogP contribution in [0.15, 0.2) is 22.7 Å². The number of carbonyl (C=O) groups is 1. The van der Waals surface area contributed by atoms with Gasteiger partial charge in [0, 0.05) is 23.6 Å². The minimum atomic E-state index is 0.0427. The molecule has 2 unspecified atom stereocenters. The summed E-state index contributed by atoms with van der Waals surface area (Å²) in [5, 5.41) is 0. The summed E-state index contributed by atoms with van der Waals surface area (Å²) in [6.07, 6.45) is 2.11. The minimum Gasteiger partial charge on any atom is -0.497 e. The number of rotatable bonds is 3. The van der Waals surface area contributed by atoms with Gasteiger partial charge < -0.3 is 15.4 Å². The first kappa shape index (κ1) is 15.3. The molecule has 1 heterocycles. The number of piperidine rings is 1. The summed E-state index contributed by atoms with van der Waals surface area (Å²) in [6, 6.07) is 5.59. The second-order valence-corrected chi connectivity index (χ2v) is 6.21. The lowest BCUT2D eigenvalue weighted by Crippen LogP contribution is -2.45. The third-order valence-electron chi connectivity index (χ3n) is 3.89. The zero-order chi connectivity index (χ0) is 14.7. The van der Waals surface area contributed by atoms with Gasteiger partial charge in [0.25, 0.3) is 5.91 Å². The molecule has 1 aromatic carbocycles. The Kier molecular flexibility index (Phi) is 5.05. The van der Waals surface area contributed by atoms with E-state index in [0.29, 0.717) is 17.2 Å². The molecule has 2 rings (SSSR count). The molecule has 5 heteroatoms. The Balaban J connectivity index is 2.18. The van der Waals surface area contributed by atoms with Crippen molar-refractivity contribution in [3.05, 3.63) is 28.2 Å². The molecular weight excluding hydrogens is 320 g/mol. The molecule has 110 valence electrons. The van der Waals surface area contributed by atoms with Gasteiger partial charge >= 0.3 is 0 Å². The first-order valence-electron chi connectivity index (χ1n) is 6.91. The molecule has 2 N–H and O–H groups in total. The maximum Gasteiger partial charge on any atom is 0.255 e. The Labute approximate surface area is 128 Å². The molecule has 1 fully saturated rings. The van der Waals surface area contributed by atoms with Gasteiger partial charge in [-0.05, 0) is 59.8 Å². The molecule has 4 nitrogen and oxygen atoms in total. The number of nitrogens with two attached hydrogens (primary N) is 1. The molecule has 1 aliphatic rings. The number of nitrogens with zero attached hydrogens (tertiary/aromatic N) is 1. The summed E-state index contributed by atoms with van der Waals surface area (Å²) in [5.41, 5.74) is 6.62. The summed E-state index contributed by atoms with van der Waals surface area (Å²) in [5.74, 6) is 1.12. The van der Waals surface area contributed by atoms with E-state index in [4.69, 9.17) is 10.5 Å². The second-order valence-electron chi connectivity index (χ2n) is 5.36. The molecule has 0 aliphatic carbocycles. The van der Waals surface area contributed by atoms with Crippen molar-refractivity contribution in [1.82, 2.24) is 4.90 Å². The number of halogens is 1. The normalized spacial score (nSPS) is 20.6. The maximum atomic E-state index is 12.7. The average Bonchev–Trinajstić information content (AvgIpc) is 2.47. The van der Waals surface area contributed by atoms with Crippen LogP contribution in [0.4, 0.5) is 0 Å². The molecule has 1 amide bonds. The van der Waals surface area contributed by atoms with Crippen molar-refractivity contribution >= 4 is 21.8 Å². The van der Waals surface area contributed by atoms with E-state index in [0.717, 1.165) is 30.4 Å². The summed E-state index contributed by atoms with van der Waals surface area (Å²) >= 11 is 3.44. The quantitative estimate of drug-likeness (QED) is 0.920. The Morgan fingerprint density at radius 3 is 2.95 bits per heavy atom. The third-order valence-corrected chi connectivity index (χ3v) is 4.58. The van der Waals surface area contributed by atoms with Crippen LogP contribution in [-0.4, -0.2) is 37.0 Å². The number of amides is 1. The SMILES string of the molecule is COc1ccc(Br)c(C(=O)N2CCCC(C(C)N)C2)c1. The van der Waals surface area contributed by atoms with E-state index in [9.17, 15) is 4.79 Å². The molecule has 0 saturated carbocycles. The second kappa shape index (κ2) is 6.59. The van der Waals surface area contributed by atoms with Crippen LogP contribution in [0, 0.1) is 5.92 Å². The fourth-order valence-electron chi connectivity index (χ4n) is 2.59. The van der Waals surface area contributed by atoms with Crippen LogP contribution in [0.2, 0.25) is 0 Å². The van der Waals surface area contributed by atoms with Crippen molar-refractivity contribution in [3.63, 3.8) is 0 Å². The van der Waals surface area contributed by atoms with E-state index in [1.807, 2.05) is 24.0 Å². The van der Waals surface area contributed by atoms with Gasteiger partial charge in [-0.25, -0.2) is 0 Å². The predicted octanol–water partition coefficient (Wildman–Crippen LogP) is 2.66. The largest absolute Gasteiger partial charge is 0.497 e. The van der Waals surface area contributed by atoms with Crippen LogP contribution >= 0.6 is 15.9 Å². The lowest BCUT2D eigenvalue weighted by atomic mass is 9.92. The molecule has 1 aliphatic heterocycles. The number of carbonyl (C=O) groups excluding carboxylic acids is 1. The highest BCUT2D eigenvalue weighted by Crippen LogP contribution is 2.26. The lowest BCUT2D eigenvalue weighted by Gasteiger charge is -2.34. The highest BCUT2D eigenvalue weighted by atomic mass is 79.9. The smallest absolute Gasteiger partial charge is 0.255 e. The monoisotopic (exact) mass is 340 g/mol. The fraction of sp³-hybridized carbons (Fsp3) is 0.533. The van der Waals surface area contributed by atoms with Gasteiger partial charge in [0.05, 0.1) is 12.7 Å². The lowest BCUT2D eigenvalue weighted by molar-refractivity contribution is 0.0659. The van der Waals surface area contributed by atoms with Gasteiger partial charge in [-0.15, -0.1) is 0 Å². The molecule has 0 aromatic heterocycles. The Hall–Kier alpha value is -1.07. The zero-order valence-corrected chi connectivity index (χ0v) is 13.5. The van der Waals surface area contributed by atoms with Crippen LogP contribution in [0.25, 0.3) is 0 Å². The first-order valence-corrected chi connectivity index (χ1v) is 7.70. The van der Waals surface area contributed by atoms with Gasteiger partial charge in [0.15, 0.2) is 0 Å². The number of hydrogen-bond acceptors (Lipinski definition) is 3.